The molecule has 0 bridgehead atoms. The molecule has 0 saturated heterocycles. The number of aromatic nitrogens is 2. The van der Waals surface area contributed by atoms with Gasteiger partial charge in [0.2, 0.25) is 5.91 Å². The number of amides is 1. The Kier molecular flexibility index (Phi) is 5.74. The summed E-state index contributed by atoms with van der Waals surface area (Å²) in [4.78, 5) is 34.4. The summed E-state index contributed by atoms with van der Waals surface area (Å²) in [5.74, 6) is -0.139. The van der Waals surface area contributed by atoms with Crippen molar-refractivity contribution in [2.45, 2.75) is 34.2 Å². The fourth-order valence-corrected chi connectivity index (χ4v) is 4.85. The average molecular weight is 432 g/mol. The molecule has 0 spiro atoms. The van der Waals surface area contributed by atoms with E-state index in [0.29, 0.717) is 16.8 Å². The summed E-state index contributed by atoms with van der Waals surface area (Å²) in [7, 11) is 0. The van der Waals surface area contributed by atoms with Gasteiger partial charge >= 0.3 is 0 Å². The Morgan fingerprint density at radius 2 is 1.81 bits per heavy atom. The lowest BCUT2D eigenvalue weighted by Crippen LogP contribution is -2.36. The Bertz CT molecular complexity index is 1320. The molecule has 31 heavy (non-hydrogen) atoms. The summed E-state index contributed by atoms with van der Waals surface area (Å²) in [6.07, 6.45) is 1.49. The number of hydrogen-bond acceptors (Lipinski definition) is 4. The largest absolute Gasteiger partial charge is 0.311 e. The first-order valence-electron chi connectivity index (χ1n) is 10.3. The first kappa shape index (κ1) is 21.0. The molecule has 0 aliphatic heterocycles. The number of benzene rings is 2. The number of fused-ring (bicyclic) bond motifs is 1. The maximum Gasteiger partial charge on any atom is 0.263 e. The second-order valence-corrected chi connectivity index (χ2v) is 8.94. The number of aryl methyl sites for hydroxylation is 3. The van der Waals surface area contributed by atoms with Crippen molar-refractivity contribution >= 4 is 33.1 Å². The van der Waals surface area contributed by atoms with Crippen LogP contribution < -0.4 is 10.5 Å². The highest BCUT2D eigenvalue weighted by molar-refractivity contribution is 7.19. The quantitative estimate of drug-likeness (QED) is 0.442. The second-order valence-electron chi connectivity index (χ2n) is 7.73. The summed E-state index contributed by atoms with van der Waals surface area (Å²) in [5, 5.41) is 0.584. The van der Waals surface area contributed by atoms with Gasteiger partial charge in [0.15, 0.2) is 0 Å². The van der Waals surface area contributed by atoms with E-state index in [4.69, 9.17) is 0 Å². The van der Waals surface area contributed by atoms with Crippen LogP contribution in [0.2, 0.25) is 0 Å². The number of carbonyl (C=O) groups is 1. The van der Waals surface area contributed by atoms with Crippen LogP contribution in [0.5, 0.6) is 0 Å². The fourth-order valence-electron chi connectivity index (χ4n) is 3.85. The molecule has 0 unspecified atom stereocenters. The number of hydrogen-bond donors (Lipinski definition) is 0. The van der Waals surface area contributed by atoms with Gasteiger partial charge in [-0.25, -0.2) is 4.98 Å². The third-order valence-corrected chi connectivity index (χ3v) is 6.44. The van der Waals surface area contributed by atoms with Crippen molar-refractivity contribution in [1.82, 2.24) is 9.55 Å². The summed E-state index contributed by atoms with van der Waals surface area (Å²) >= 11 is 1.51. The van der Waals surface area contributed by atoms with Gasteiger partial charge in [-0.05, 0) is 51.0 Å². The molecule has 0 fully saturated rings. The van der Waals surface area contributed by atoms with Crippen LogP contribution in [0.4, 0.5) is 5.69 Å². The highest BCUT2D eigenvalue weighted by Gasteiger charge is 2.20. The summed E-state index contributed by atoms with van der Waals surface area (Å²) < 4.78 is 1.42. The Balaban J connectivity index is 1.74. The van der Waals surface area contributed by atoms with Crippen molar-refractivity contribution in [2.75, 3.05) is 11.4 Å². The lowest BCUT2D eigenvalue weighted by molar-refractivity contribution is -0.119. The van der Waals surface area contributed by atoms with Crippen molar-refractivity contribution in [2.24, 2.45) is 0 Å². The molecule has 5 nitrogen and oxygen atoms in total. The predicted molar refractivity (Wildman–Crippen MR) is 128 cm³/mol. The molecule has 1 amide bonds. The van der Waals surface area contributed by atoms with E-state index in [1.54, 1.807) is 4.90 Å². The number of nitrogens with zero attached hydrogens (tertiary/aromatic N) is 3. The maximum atomic E-state index is 13.4. The molecule has 0 saturated carbocycles. The molecule has 0 radical (unpaired) electrons. The second kappa shape index (κ2) is 8.47. The summed E-state index contributed by atoms with van der Waals surface area (Å²) in [6.45, 7) is 8.45. The standard InChI is InChI=1S/C25H25N3O2S/c1-5-28(20-8-6-7-17(3)13-20)21(29)14-27-15-26-24-23(25(27)30)22(18(4)31-24)19-11-9-16(2)10-12-19/h6-13,15H,5,14H2,1-4H3. The molecule has 158 valence electrons. The van der Waals surface area contributed by atoms with E-state index in [1.165, 1.54) is 22.2 Å². The zero-order valence-electron chi connectivity index (χ0n) is 18.2. The van der Waals surface area contributed by atoms with Crippen LogP contribution in [-0.4, -0.2) is 22.0 Å². The van der Waals surface area contributed by atoms with Crippen LogP contribution in [0.25, 0.3) is 21.3 Å². The molecule has 4 rings (SSSR count). The van der Waals surface area contributed by atoms with E-state index in [9.17, 15) is 9.59 Å². The van der Waals surface area contributed by atoms with Crippen LogP contribution in [0.1, 0.15) is 22.9 Å². The Labute approximate surface area is 185 Å². The lowest BCUT2D eigenvalue weighted by atomic mass is 10.0. The minimum Gasteiger partial charge on any atom is -0.311 e. The SMILES string of the molecule is CCN(C(=O)Cn1cnc2sc(C)c(-c3ccc(C)cc3)c2c1=O)c1cccc(C)c1. The van der Waals surface area contributed by atoms with Gasteiger partial charge in [-0.2, -0.15) is 0 Å². The summed E-state index contributed by atoms with van der Waals surface area (Å²) in [6, 6.07) is 16.0. The van der Waals surface area contributed by atoms with Crippen LogP contribution in [0.3, 0.4) is 0 Å². The van der Waals surface area contributed by atoms with E-state index in [2.05, 4.69) is 4.98 Å². The van der Waals surface area contributed by atoms with E-state index in [0.717, 1.165) is 32.8 Å². The maximum absolute atomic E-state index is 13.4. The molecule has 4 aromatic rings. The van der Waals surface area contributed by atoms with Crippen molar-refractivity contribution < 1.29 is 4.79 Å². The van der Waals surface area contributed by atoms with Crippen molar-refractivity contribution in [3.05, 3.63) is 81.2 Å². The highest BCUT2D eigenvalue weighted by atomic mass is 32.1. The van der Waals surface area contributed by atoms with Gasteiger partial charge in [0.25, 0.3) is 5.56 Å². The molecule has 2 aromatic carbocycles. The Morgan fingerprint density at radius 1 is 1.06 bits per heavy atom. The van der Waals surface area contributed by atoms with E-state index in [1.807, 2.05) is 76.2 Å². The third kappa shape index (κ3) is 4.03. The topological polar surface area (TPSA) is 55.2 Å². The van der Waals surface area contributed by atoms with Crippen molar-refractivity contribution in [3.63, 3.8) is 0 Å². The number of rotatable bonds is 5. The Hall–Kier alpha value is -3.25. The average Bonchev–Trinajstić information content (AvgIpc) is 3.08. The number of anilines is 1. The monoisotopic (exact) mass is 431 g/mol. The first-order valence-corrected chi connectivity index (χ1v) is 11.1. The minimum absolute atomic E-state index is 0.0498. The van der Waals surface area contributed by atoms with Gasteiger partial charge in [-0.15, -0.1) is 11.3 Å². The van der Waals surface area contributed by atoms with Crippen LogP contribution in [-0.2, 0) is 11.3 Å². The molecule has 2 aromatic heterocycles. The van der Waals surface area contributed by atoms with Gasteiger partial charge in [0.1, 0.15) is 11.4 Å². The molecular weight excluding hydrogens is 406 g/mol. The first-order chi connectivity index (χ1) is 14.9. The molecule has 0 N–H and O–H groups in total. The van der Waals surface area contributed by atoms with Gasteiger partial charge in [0, 0.05) is 22.7 Å². The predicted octanol–water partition coefficient (Wildman–Crippen LogP) is 5.10. The Morgan fingerprint density at radius 3 is 2.48 bits per heavy atom. The molecule has 0 aliphatic carbocycles. The van der Waals surface area contributed by atoms with Gasteiger partial charge < -0.3 is 4.90 Å². The zero-order valence-corrected chi connectivity index (χ0v) is 19.0. The fraction of sp³-hybridized carbons (Fsp3) is 0.240. The van der Waals surface area contributed by atoms with Crippen molar-refractivity contribution in [1.29, 1.82) is 0 Å². The van der Waals surface area contributed by atoms with E-state index in [-0.39, 0.29) is 18.0 Å². The van der Waals surface area contributed by atoms with Crippen molar-refractivity contribution in [3.8, 4) is 11.1 Å². The molecule has 0 atom stereocenters. The molecule has 0 aliphatic rings. The van der Waals surface area contributed by atoms with Crippen LogP contribution in [0.15, 0.2) is 59.7 Å². The number of thiophene rings is 1. The van der Waals surface area contributed by atoms with E-state index < -0.39 is 0 Å². The van der Waals surface area contributed by atoms with Crippen LogP contribution in [0, 0.1) is 20.8 Å². The summed E-state index contributed by atoms with van der Waals surface area (Å²) in [5.41, 5.74) is 4.80. The van der Waals surface area contributed by atoms with Gasteiger partial charge in [0.05, 0.1) is 11.7 Å². The molecule has 6 heteroatoms. The minimum atomic E-state index is -0.182. The number of carbonyl (C=O) groups excluding carboxylic acids is 1. The smallest absolute Gasteiger partial charge is 0.263 e. The molecular formula is C25H25N3O2S. The van der Waals surface area contributed by atoms with Gasteiger partial charge in [-0.1, -0.05) is 42.0 Å². The normalized spacial score (nSPS) is 11.1. The highest BCUT2D eigenvalue weighted by Crippen LogP contribution is 2.35. The number of likely N-dealkylation sites (N-methyl/N-ethyl adjacent to an activating group) is 1. The zero-order chi connectivity index (χ0) is 22.1. The van der Waals surface area contributed by atoms with Gasteiger partial charge in [-0.3, -0.25) is 14.2 Å². The molecule has 2 heterocycles. The van der Waals surface area contributed by atoms with Crippen LogP contribution >= 0.6 is 11.3 Å². The third-order valence-electron chi connectivity index (χ3n) is 5.43. The lowest BCUT2D eigenvalue weighted by Gasteiger charge is -2.22. The van der Waals surface area contributed by atoms with E-state index >= 15 is 0 Å².